The number of rotatable bonds is 6. The molecule has 0 spiro atoms. The van der Waals surface area contributed by atoms with Crippen molar-refractivity contribution < 1.29 is 0 Å². The van der Waals surface area contributed by atoms with Crippen LogP contribution >= 0.6 is 0 Å². The van der Waals surface area contributed by atoms with Crippen molar-refractivity contribution in [2.75, 3.05) is 0 Å². The first-order valence-electron chi connectivity index (χ1n) is 4.77. The summed E-state index contributed by atoms with van der Waals surface area (Å²) in [5, 5.41) is 0. The highest BCUT2D eigenvalue weighted by Crippen LogP contribution is 2.07. The SMILES string of the molecule is [CH2]CC(C)C=CCCCC(=C)C. The van der Waals surface area contributed by atoms with Gasteiger partial charge in [0, 0.05) is 0 Å². The van der Waals surface area contributed by atoms with Crippen molar-refractivity contribution in [1.82, 2.24) is 0 Å². The van der Waals surface area contributed by atoms with E-state index in [0.29, 0.717) is 5.92 Å². The molecular formula is C12H21. The maximum absolute atomic E-state index is 3.87. The van der Waals surface area contributed by atoms with Crippen LogP contribution in [0, 0.1) is 12.8 Å². The molecule has 0 nitrogen and oxygen atoms in total. The molecule has 1 radical (unpaired) electrons. The van der Waals surface area contributed by atoms with Gasteiger partial charge >= 0.3 is 0 Å². The monoisotopic (exact) mass is 165 g/mol. The highest BCUT2D eigenvalue weighted by atomic mass is 14.0. The van der Waals surface area contributed by atoms with E-state index in [1.807, 2.05) is 0 Å². The van der Waals surface area contributed by atoms with Gasteiger partial charge in [0.05, 0.1) is 0 Å². The molecule has 1 unspecified atom stereocenters. The molecule has 0 heterocycles. The zero-order valence-corrected chi connectivity index (χ0v) is 8.47. The third-order valence-corrected chi connectivity index (χ3v) is 1.89. The summed E-state index contributed by atoms with van der Waals surface area (Å²) in [6, 6.07) is 0. The fraction of sp³-hybridized carbons (Fsp3) is 0.583. The number of hydrogen-bond donors (Lipinski definition) is 0. The lowest BCUT2D eigenvalue weighted by atomic mass is 10.1. The molecule has 0 rings (SSSR count). The lowest BCUT2D eigenvalue weighted by Crippen LogP contribution is -1.84. The molecule has 0 N–H and O–H groups in total. The molecule has 1 atom stereocenters. The Bertz CT molecular complexity index is 142. The van der Waals surface area contributed by atoms with Gasteiger partial charge in [-0.25, -0.2) is 0 Å². The van der Waals surface area contributed by atoms with E-state index < -0.39 is 0 Å². The van der Waals surface area contributed by atoms with Crippen LogP contribution in [-0.4, -0.2) is 0 Å². The predicted molar refractivity (Wildman–Crippen MR) is 56.9 cm³/mol. The van der Waals surface area contributed by atoms with Crippen LogP contribution in [0.5, 0.6) is 0 Å². The van der Waals surface area contributed by atoms with E-state index in [1.165, 1.54) is 18.4 Å². The van der Waals surface area contributed by atoms with Gasteiger partial charge < -0.3 is 0 Å². The Kier molecular flexibility index (Phi) is 6.84. The van der Waals surface area contributed by atoms with Crippen molar-refractivity contribution >= 4 is 0 Å². The molecule has 0 aliphatic heterocycles. The van der Waals surface area contributed by atoms with E-state index in [0.717, 1.165) is 12.8 Å². The summed E-state index contributed by atoms with van der Waals surface area (Å²) in [5.74, 6) is 0.634. The van der Waals surface area contributed by atoms with Gasteiger partial charge in [-0.1, -0.05) is 31.6 Å². The lowest BCUT2D eigenvalue weighted by Gasteiger charge is -1.99. The zero-order valence-electron chi connectivity index (χ0n) is 8.47. The van der Waals surface area contributed by atoms with Gasteiger partial charge in [0.1, 0.15) is 0 Å². The van der Waals surface area contributed by atoms with Crippen LogP contribution in [0.1, 0.15) is 39.5 Å². The minimum Gasteiger partial charge on any atom is -0.100 e. The Labute approximate surface area is 77.4 Å². The molecule has 12 heavy (non-hydrogen) atoms. The van der Waals surface area contributed by atoms with Crippen LogP contribution in [-0.2, 0) is 0 Å². The summed E-state index contributed by atoms with van der Waals surface area (Å²) in [6.07, 6.45) is 9.08. The number of hydrogen-bond acceptors (Lipinski definition) is 0. The van der Waals surface area contributed by atoms with Crippen LogP contribution in [0.4, 0.5) is 0 Å². The molecule has 0 aromatic heterocycles. The molecule has 69 valence electrons. The second kappa shape index (κ2) is 7.15. The Morgan fingerprint density at radius 3 is 2.67 bits per heavy atom. The number of allylic oxidation sites excluding steroid dienone is 3. The van der Waals surface area contributed by atoms with Gasteiger partial charge in [-0.05, 0) is 38.5 Å². The predicted octanol–water partition coefficient (Wildman–Crippen LogP) is 4.15. The average Bonchev–Trinajstić information content (AvgIpc) is 2.03. The lowest BCUT2D eigenvalue weighted by molar-refractivity contribution is 0.732. The third kappa shape index (κ3) is 7.59. The fourth-order valence-corrected chi connectivity index (χ4v) is 0.946. The van der Waals surface area contributed by atoms with Gasteiger partial charge in [-0.2, -0.15) is 0 Å². The van der Waals surface area contributed by atoms with E-state index in [4.69, 9.17) is 0 Å². The van der Waals surface area contributed by atoms with E-state index in [1.54, 1.807) is 0 Å². The molecule has 0 saturated carbocycles. The zero-order chi connectivity index (χ0) is 9.40. The standard InChI is InChI=1S/C12H21/c1-5-12(4)10-8-6-7-9-11(2)3/h8,10,12H,1-2,5-7,9H2,3-4H3. The van der Waals surface area contributed by atoms with E-state index in [-0.39, 0.29) is 0 Å². The summed E-state index contributed by atoms with van der Waals surface area (Å²) in [6.45, 7) is 12.0. The number of unbranched alkanes of at least 4 members (excludes halogenated alkanes) is 1. The molecule has 0 aliphatic carbocycles. The summed E-state index contributed by atoms with van der Waals surface area (Å²) in [5.41, 5.74) is 1.29. The highest BCUT2D eigenvalue weighted by molar-refractivity contribution is 4.91. The van der Waals surface area contributed by atoms with Crippen LogP contribution < -0.4 is 0 Å². The van der Waals surface area contributed by atoms with Crippen molar-refractivity contribution in [3.05, 3.63) is 31.2 Å². The van der Waals surface area contributed by atoms with Gasteiger partial charge in [0.25, 0.3) is 0 Å². The Morgan fingerprint density at radius 1 is 1.50 bits per heavy atom. The van der Waals surface area contributed by atoms with Crippen LogP contribution in [0.2, 0.25) is 0 Å². The summed E-state index contributed by atoms with van der Waals surface area (Å²) >= 11 is 0. The Balaban J connectivity index is 3.30. The average molecular weight is 165 g/mol. The fourth-order valence-electron chi connectivity index (χ4n) is 0.946. The maximum atomic E-state index is 3.87. The molecule has 0 bridgehead atoms. The van der Waals surface area contributed by atoms with Crippen LogP contribution in [0.15, 0.2) is 24.3 Å². The van der Waals surface area contributed by atoms with Crippen molar-refractivity contribution in [2.24, 2.45) is 5.92 Å². The van der Waals surface area contributed by atoms with Gasteiger partial charge in [0.15, 0.2) is 0 Å². The molecule has 0 aliphatic rings. The second-order valence-electron chi connectivity index (χ2n) is 3.54. The summed E-state index contributed by atoms with van der Waals surface area (Å²) in [4.78, 5) is 0. The first-order valence-corrected chi connectivity index (χ1v) is 4.77. The van der Waals surface area contributed by atoms with Crippen LogP contribution in [0.3, 0.4) is 0 Å². The van der Waals surface area contributed by atoms with Crippen molar-refractivity contribution in [2.45, 2.75) is 39.5 Å². The summed E-state index contributed by atoms with van der Waals surface area (Å²) < 4.78 is 0. The minimum atomic E-state index is 0.634. The van der Waals surface area contributed by atoms with Crippen molar-refractivity contribution in [3.63, 3.8) is 0 Å². The normalized spacial score (nSPS) is 13.6. The van der Waals surface area contributed by atoms with Gasteiger partial charge in [-0.15, -0.1) is 6.58 Å². The highest BCUT2D eigenvalue weighted by Gasteiger charge is 1.90. The molecule has 0 aromatic rings. The first kappa shape index (κ1) is 11.5. The van der Waals surface area contributed by atoms with Crippen molar-refractivity contribution in [3.8, 4) is 0 Å². The molecule has 0 saturated heterocycles. The van der Waals surface area contributed by atoms with E-state index in [2.05, 4.69) is 39.5 Å². The first-order chi connectivity index (χ1) is 5.66. The molecule has 0 fully saturated rings. The molecule has 0 amide bonds. The van der Waals surface area contributed by atoms with E-state index >= 15 is 0 Å². The van der Waals surface area contributed by atoms with Crippen molar-refractivity contribution in [1.29, 1.82) is 0 Å². The van der Waals surface area contributed by atoms with Gasteiger partial charge in [-0.3, -0.25) is 0 Å². The Hall–Kier alpha value is -0.520. The summed E-state index contributed by atoms with van der Waals surface area (Å²) in [7, 11) is 0. The smallest absolute Gasteiger partial charge is 0.0262 e. The van der Waals surface area contributed by atoms with Crippen LogP contribution in [0.25, 0.3) is 0 Å². The Morgan fingerprint density at radius 2 is 2.17 bits per heavy atom. The van der Waals surface area contributed by atoms with Gasteiger partial charge in [0.2, 0.25) is 0 Å². The van der Waals surface area contributed by atoms with E-state index in [9.17, 15) is 0 Å². The third-order valence-electron chi connectivity index (χ3n) is 1.89. The molecule has 0 heteroatoms. The second-order valence-corrected chi connectivity index (χ2v) is 3.54. The minimum absolute atomic E-state index is 0.634. The quantitative estimate of drug-likeness (QED) is 0.409. The molecule has 0 aromatic carbocycles. The largest absolute Gasteiger partial charge is 0.100 e. The topological polar surface area (TPSA) is 0 Å². The molecular weight excluding hydrogens is 144 g/mol. The maximum Gasteiger partial charge on any atom is -0.0262 e.